The molecule has 2 atom stereocenters. The van der Waals surface area contributed by atoms with Gasteiger partial charge in [0.05, 0.1) is 21.2 Å². The molecular formula is C25H28Cl2FN5O2. The topological polar surface area (TPSA) is 94.1 Å². The van der Waals surface area contributed by atoms with Crippen LogP contribution in [0, 0.1) is 18.2 Å². The number of rotatable bonds is 8. The molecule has 0 radical (unpaired) electrons. The first-order chi connectivity index (χ1) is 16.7. The minimum Gasteiger partial charge on any atom is -0.481 e. The van der Waals surface area contributed by atoms with Crippen LogP contribution in [-0.4, -0.2) is 43.7 Å². The lowest BCUT2D eigenvalue weighted by Gasteiger charge is -2.44. The number of piperidine rings is 1. The molecule has 0 amide bonds. The van der Waals surface area contributed by atoms with Crippen LogP contribution in [0.5, 0.6) is 0 Å². The van der Waals surface area contributed by atoms with E-state index in [0.29, 0.717) is 53.8 Å². The van der Waals surface area contributed by atoms with E-state index in [2.05, 4.69) is 25.4 Å². The van der Waals surface area contributed by atoms with Crippen molar-refractivity contribution in [2.45, 2.75) is 52.1 Å². The van der Waals surface area contributed by atoms with E-state index in [1.165, 1.54) is 6.07 Å². The van der Waals surface area contributed by atoms with Crippen LogP contribution >= 0.6 is 23.2 Å². The van der Waals surface area contributed by atoms with Crippen molar-refractivity contribution >= 4 is 40.8 Å². The zero-order chi connectivity index (χ0) is 25.2. The fourth-order valence-electron chi connectivity index (χ4n) is 4.76. The Labute approximate surface area is 213 Å². The summed E-state index contributed by atoms with van der Waals surface area (Å²) in [5.74, 6) is -0.142. The second kappa shape index (κ2) is 10.5. The number of carboxylic acid groups (broad SMARTS) is 1. The normalized spacial score (nSPS) is 20.7. The van der Waals surface area contributed by atoms with Gasteiger partial charge in [0.15, 0.2) is 5.82 Å². The van der Waals surface area contributed by atoms with Crippen LogP contribution in [0.2, 0.25) is 10.0 Å². The average Bonchev–Trinajstić information content (AvgIpc) is 3.24. The molecule has 35 heavy (non-hydrogen) atoms. The predicted molar refractivity (Wildman–Crippen MR) is 135 cm³/mol. The van der Waals surface area contributed by atoms with Crippen molar-refractivity contribution in [1.29, 1.82) is 0 Å². The molecule has 0 unspecified atom stereocenters. The summed E-state index contributed by atoms with van der Waals surface area (Å²) in [7, 11) is 0. The van der Waals surface area contributed by atoms with Gasteiger partial charge < -0.3 is 10.4 Å². The first kappa shape index (κ1) is 25.4. The summed E-state index contributed by atoms with van der Waals surface area (Å²) in [4.78, 5) is 19.4. The molecule has 4 rings (SSSR count). The highest BCUT2D eigenvalue weighted by Gasteiger charge is 2.46. The summed E-state index contributed by atoms with van der Waals surface area (Å²) in [6, 6.07) is 10.2. The number of aromatic amines is 1. The molecule has 3 aromatic rings. The molecule has 186 valence electrons. The number of aliphatic carboxylic acids is 1. The molecule has 0 aliphatic carbocycles. The predicted octanol–water partition coefficient (Wildman–Crippen LogP) is 5.99. The standard InChI is InChI=1S/C25H28Cl2FN5O2/c1-3-17-12-25(24(34)35,9-10-33(17)14-16-5-4-6-19(27)23(16)28)13-20-18(26)7-8-21(29-20)30-22-11-15(2)31-32-22/h4-8,11,17H,3,9-10,12-14H2,1-2H3,(H,34,35)(H2,29,30,31,32)/t17-,25-/m1/s1. The van der Waals surface area contributed by atoms with E-state index in [4.69, 9.17) is 23.2 Å². The Kier molecular flexibility index (Phi) is 7.64. The van der Waals surface area contributed by atoms with E-state index >= 15 is 0 Å². The molecule has 7 nitrogen and oxygen atoms in total. The van der Waals surface area contributed by atoms with Gasteiger partial charge in [0.25, 0.3) is 0 Å². The van der Waals surface area contributed by atoms with Crippen LogP contribution in [0.1, 0.15) is 43.1 Å². The van der Waals surface area contributed by atoms with E-state index in [-0.39, 0.29) is 17.5 Å². The number of nitrogens with zero attached hydrogens (tertiary/aromatic N) is 3. The Morgan fingerprint density at radius 2 is 2.09 bits per heavy atom. The monoisotopic (exact) mass is 519 g/mol. The van der Waals surface area contributed by atoms with Crippen LogP contribution < -0.4 is 5.32 Å². The lowest BCUT2D eigenvalue weighted by atomic mass is 9.71. The molecule has 0 spiro atoms. The van der Waals surface area contributed by atoms with E-state index < -0.39 is 17.2 Å². The van der Waals surface area contributed by atoms with Gasteiger partial charge >= 0.3 is 5.97 Å². The number of aromatic nitrogens is 3. The second-order valence-electron chi connectivity index (χ2n) is 9.15. The number of pyridine rings is 1. The lowest BCUT2D eigenvalue weighted by Crippen LogP contribution is -2.50. The molecule has 3 N–H and O–H groups in total. The van der Waals surface area contributed by atoms with E-state index in [1.54, 1.807) is 24.3 Å². The number of anilines is 2. The number of carboxylic acids is 1. The number of H-pyrrole nitrogens is 1. The Morgan fingerprint density at radius 3 is 2.77 bits per heavy atom. The third kappa shape index (κ3) is 5.60. The van der Waals surface area contributed by atoms with Gasteiger partial charge in [0.2, 0.25) is 0 Å². The number of aryl methyl sites for hydroxylation is 1. The van der Waals surface area contributed by atoms with Gasteiger partial charge in [0.1, 0.15) is 11.6 Å². The largest absolute Gasteiger partial charge is 0.481 e. The highest BCUT2D eigenvalue weighted by Crippen LogP contribution is 2.41. The molecule has 1 saturated heterocycles. The van der Waals surface area contributed by atoms with Gasteiger partial charge in [-0.05, 0) is 50.9 Å². The van der Waals surface area contributed by atoms with Gasteiger partial charge in [-0.1, -0.05) is 42.3 Å². The maximum absolute atomic E-state index is 14.5. The summed E-state index contributed by atoms with van der Waals surface area (Å²) in [6.45, 7) is 4.80. The van der Waals surface area contributed by atoms with E-state index in [1.807, 2.05) is 19.9 Å². The molecule has 0 bridgehead atoms. The van der Waals surface area contributed by atoms with E-state index in [0.717, 1.165) is 12.1 Å². The smallest absolute Gasteiger partial charge is 0.310 e. The SMILES string of the molecule is CC[C@@H]1C[C@](Cc2nc(Nc3cc(C)[nH]n3)ccc2Cl)(C(=O)O)CCN1Cc1cccc(Cl)c1F. The first-order valence-corrected chi connectivity index (χ1v) is 12.3. The number of carbonyl (C=O) groups is 1. The number of nitrogens with one attached hydrogen (secondary N) is 2. The Morgan fingerprint density at radius 1 is 1.29 bits per heavy atom. The summed E-state index contributed by atoms with van der Waals surface area (Å²) in [6.07, 6.45) is 1.75. The van der Waals surface area contributed by atoms with Crippen molar-refractivity contribution in [3.8, 4) is 0 Å². The second-order valence-corrected chi connectivity index (χ2v) is 9.96. The Hall–Kier alpha value is -2.68. The maximum Gasteiger partial charge on any atom is 0.310 e. The van der Waals surface area contributed by atoms with Crippen LogP contribution in [-0.2, 0) is 17.8 Å². The van der Waals surface area contributed by atoms with Gasteiger partial charge in [-0.2, -0.15) is 5.10 Å². The van der Waals surface area contributed by atoms with Crippen molar-refractivity contribution in [1.82, 2.24) is 20.1 Å². The number of halogens is 3. The lowest BCUT2D eigenvalue weighted by molar-refractivity contribution is -0.154. The number of likely N-dealkylation sites (tertiary alicyclic amines) is 1. The van der Waals surface area contributed by atoms with Crippen molar-refractivity contribution in [2.75, 3.05) is 11.9 Å². The quantitative estimate of drug-likeness (QED) is 0.338. The maximum atomic E-state index is 14.5. The van der Waals surface area contributed by atoms with Crippen LogP contribution in [0.25, 0.3) is 0 Å². The fraction of sp³-hybridized carbons (Fsp3) is 0.400. The highest BCUT2D eigenvalue weighted by molar-refractivity contribution is 6.31. The van der Waals surface area contributed by atoms with Gasteiger partial charge in [-0.25, -0.2) is 9.37 Å². The Balaban J connectivity index is 1.54. The highest BCUT2D eigenvalue weighted by atomic mass is 35.5. The molecule has 1 aliphatic heterocycles. The summed E-state index contributed by atoms with van der Waals surface area (Å²) in [5.41, 5.74) is 0.912. The zero-order valence-electron chi connectivity index (χ0n) is 19.6. The van der Waals surface area contributed by atoms with Crippen LogP contribution in [0.15, 0.2) is 36.4 Å². The summed E-state index contributed by atoms with van der Waals surface area (Å²) >= 11 is 12.4. The summed E-state index contributed by atoms with van der Waals surface area (Å²) in [5, 5.41) is 21.0. The van der Waals surface area contributed by atoms with Crippen LogP contribution in [0.4, 0.5) is 16.0 Å². The molecule has 1 fully saturated rings. The molecular weight excluding hydrogens is 492 g/mol. The van der Waals surface area contributed by atoms with Crippen molar-refractivity contribution < 1.29 is 14.3 Å². The van der Waals surface area contributed by atoms with Gasteiger partial charge in [-0.3, -0.25) is 14.8 Å². The Bertz CT molecular complexity index is 1220. The molecule has 1 aliphatic rings. The summed E-state index contributed by atoms with van der Waals surface area (Å²) < 4.78 is 14.5. The minimum absolute atomic E-state index is 0.0367. The minimum atomic E-state index is -1.03. The molecule has 3 heterocycles. The van der Waals surface area contributed by atoms with Gasteiger partial charge in [-0.15, -0.1) is 0 Å². The third-order valence-corrected chi connectivity index (χ3v) is 7.37. The average molecular weight is 520 g/mol. The number of hydrogen-bond donors (Lipinski definition) is 3. The van der Waals surface area contributed by atoms with Crippen molar-refractivity contribution in [3.63, 3.8) is 0 Å². The van der Waals surface area contributed by atoms with Gasteiger partial charge in [0, 0.05) is 36.3 Å². The number of benzene rings is 1. The third-order valence-electron chi connectivity index (χ3n) is 6.74. The van der Waals surface area contributed by atoms with Crippen molar-refractivity contribution in [3.05, 3.63) is 69.2 Å². The van der Waals surface area contributed by atoms with E-state index in [9.17, 15) is 14.3 Å². The molecule has 0 saturated carbocycles. The molecule has 2 aromatic heterocycles. The number of hydrogen-bond acceptors (Lipinski definition) is 5. The molecule has 1 aromatic carbocycles. The van der Waals surface area contributed by atoms with Crippen molar-refractivity contribution in [2.24, 2.45) is 5.41 Å². The first-order valence-electron chi connectivity index (χ1n) is 11.6. The molecule has 10 heteroatoms. The van der Waals surface area contributed by atoms with Crippen LogP contribution in [0.3, 0.4) is 0 Å². The fourth-order valence-corrected chi connectivity index (χ4v) is 5.13. The zero-order valence-corrected chi connectivity index (χ0v) is 21.1.